The van der Waals surface area contributed by atoms with Crippen LogP contribution in [0.25, 0.3) is 0 Å². The fraction of sp³-hybridized carbons (Fsp3) is 0.462. The van der Waals surface area contributed by atoms with Crippen LogP contribution in [0.1, 0.15) is 23.2 Å². The van der Waals surface area contributed by atoms with Gasteiger partial charge in [0.25, 0.3) is 5.91 Å². The van der Waals surface area contributed by atoms with E-state index in [1.807, 2.05) is 0 Å². The number of nitrogen functional groups attached to an aromatic ring is 1. The van der Waals surface area contributed by atoms with Crippen LogP contribution in [0.15, 0.2) is 18.2 Å². The summed E-state index contributed by atoms with van der Waals surface area (Å²) in [4.78, 5) is 22.4. The molecule has 108 valence electrons. The van der Waals surface area contributed by atoms with Gasteiger partial charge in [0.1, 0.15) is 11.3 Å². The number of anilines is 1. The Balaban J connectivity index is 2.05. The Morgan fingerprint density at radius 2 is 2.15 bits per heavy atom. The first-order valence-electron chi connectivity index (χ1n) is 6.48. The Hall–Kier alpha value is -2.15. The van der Waals surface area contributed by atoms with Crippen molar-refractivity contribution in [3.63, 3.8) is 0 Å². The fourth-order valence-electron chi connectivity index (χ4n) is 2.23. The Morgan fingerprint density at radius 3 is 2.80 bits per heavy atom. The second kappa shape index (κ2) is 6.33. The maximum Gasteiger partial charge on any atom is 0.304 e. The molecule has 1 fully saturated rings. The third kappa shape index (κ3) is 3.24. The monoisotopic (exact) mass is 279 g/mol. The van der Waals surface area contributed by atoms with E-state index in [-0.39, 0.29) is 16.9 Å². The van der Waals surface area contributed by atoms with Gasteiger partial charge in [-0.15, -0.1) is 0 Å². The van der Waals surface area contributed by atoms with Crippen molar-refractivity contribution in [1.29, 1.82) is 0 Å². The zero-order valence-corrected chi connectivity index (χ0v) is 11.0. The number of nitrogens with zero attached hydrogens (tertiary/aromatic N) is 1. The summed E-state index contributed by atoms with van der Waals surface area (Å²) in [5, 5.41) is 13.7. The molecular formula is C13H17N3O4. The molecule has 1 amide bonds. The van der Waals surface area contributed by atoms with Crippen LogP contribution in [0, 0.1) is 16.0 Å². The lowest BCUT2D eigenvalue weighted by Gasteiger charge is -2.22. The number of para-hydroxylation sites is 1. The molecule has 0 atom stereocenters. The largest absolute Gasteiger partial charge is 0.393 e. The highest BCUT2D eigenvalue weighted by atomic mass is 16.6. The predicted molar refractivity (Wildman–Crippen MR) is 73.4 cm³/mol. The molecule has 1 heterocycles. The van der Waals surface area contributed by atoms with Crippen LogP contribution < -0.4 is 11.1 Å². The topological polar surface area (TPSA) is 107 Å². The van der Waals surface area contributed by atoms with Crippen LogP contribution in [0.5, 0.6) is 0 Å². The van der Waals surface area contributed by atoms with E-state index in [9.17, 15) is 14.9 Å². The van der Waals surface area contributed by atoms with Crippen LogP contribution in [0.2, 0.25) is 0 Å². The van der Waals surface area contributed by atoms with Crippen molar-refractivity contribution in [2.45, 2.75) is 12.8 Å². The van der Waals surface area contributed by atoms with Gasteiger partial charge in [-0.05, 0) is 30.9 Å². The van der Waals surface area contributed by atoms with E-state index in [1.54, 1.807) is 0 Å². The van der Waals surface area contributed by atoms with Crippen molar-refractivity contribution < 1.29 is 14.5 Å². The lowest BCUT2D eigenvalue weighted by Crippen LogP contribution is -2.32. The maximum atomic E-state index is 12.1. The van der Waals surface area contributed by atoms with Crippen LogP contribution in [-0.2, 0) is 4.74 Å². The zero-order chi connectivity index (χ0) is 14.5. The molecule has 0 unspecified atom stereocenters. The molecule has 0 spiro atoms. The molecule has 0 radical (unpaired) electrons. The summed E-state index contributed by atoms with van der Waals surface area (Å²) in [5.41, 5.74) is 5.22. The number of ether oxygens (including phenoxy) is 1. The summed E-state index contributed by atoms with van der Waals surface area (Å²) < 4.78 is 5.24. The van der Waals surface area contributed by atoms with Crippen LogP contribution in [0.3, 0.4) is 0 Å². The Labute approximate surface area is 116 Å². The smallest absolute Gasteiger partial charge is 0.304 e. The first-order valence-corrected chi connectivity index (χ1v) is 6.48. The minimum Gasteiger partial charge on any atom is -0.393 e. The Morgan fingerprint density at radius 1 is 1.45 bits per heavy atom. The minimum absolute atomic E-state index is 0.00191. The molecule has 0 saturated carbocycles. The molecule has 3 N–H and O–H groups in total. The van der Waals surface area contributed by atoms with Gasteiger partial charge >= 0.3 is 5.69 Å². The van der Waals surface area contributed by atoms with Crippen LogP contribution in [-0.4, -0.2) is 30.6 Å². The standard InChI is InChI=1S/C13H17N3O4/c14-11-3-1-2-10(12(11)16(18)19)13(17)15-8-9-4-6-20-7-5-9/h1-3,9H,4-8,14H2,(H,15,17). The van der Waals surface area contributed by atoms with E-state index in [2.05, 4.69) is 5.32 Å². The average Bonchev–Trinajstić information content (AvgIpc) is 2.45. The molecule has 1 saturated heterocycles. The highest BCUT2D eigenvalue weighted by molar-refractivity contribution is 6.00. The number of hydrogen-bond donors (Lipinski definition) is 2. The van der Waals surface area contributed by atoms with Crippen molar-refractivity contribution in [3.05, 3.63) is 33.9 Å². The average molecular weight is 279 g/mol. The predicted octanol–water partition coefficient (Wildman–Crippen LogP) is 1.33. The van der Waals surface area contributed by atoms with Gasteiger partial charge in [0.15, 0.2) is 0 Å². The molecule has 0 aliphatic carbocycles. The zero-order valence-electron chi connectivity index (χ0n) is 11.0. The molecule has 1 aliphatic heterocycles. The number of nitrogens with one attached hydrogen (secondary N) is 1. The Kier molecular flexibility index (Phi) is 4.52. The fourth-order valence-corrected chi connectivity index (χ4v) is 2.23. The van der Waals surface area contributed by atoms with E-state index in [4.69, 9.17) is 10.5 Å². The molecule has 7 heteroatoms. The first kappa shape index (κ1) is 14.3. The number of nitro groups is 1. The van der Waals surface area contributed by atoms with Crippen LogP contribution >= 0.6 is 0 Å². The lowest BCUT2D eigenvalue weighted by molar-refractivity contribution is -0.384. The van der Waals surface area contributed by atoms with Crippen molar-refractivity contribution in [3.8, 4) is 0 Å². The highest BCUT2D eigenvalue weighted by Crippen LogP contribution is 2.25. The summed E-state index contributed by atoms with van der Waals surface area (Å²) in [5.74, 6) is -0.108. The highest BCUT2D eigenvalue weighted by Gasteiger charge is 2.23. The van der Waals surface area contributed by atoms with Crippen molar-refractivity contribution in [2.24, 2.45) is 5.92 Å². The molecule has 1 aromatic carbocycles. The molecule has 0 aromatic heterocycles. The summed E-state index contributed by atoms with van der Waals surface area (Å²) in [7, 11) is 0. The molecule has 7 nitrogen and oxygen atoms in total. The second-order valence-electron chi connectivity index (χ2n) is 4.77. The number of hydrogen-bond acceptors (Lipinski definition) is 5. The van der Waals surface area contributed by atoms with Crippen molar-refractivity contribution >= 4 is 17.3 Å². The van der Waals surface area contributed by atoms with Crippen molar-refractivity contribution in [1.82, 2.24) is 5.32 Å². The molecule has 20 heavy (non-hydrogen) atoms. The second-order valence-corrected chi connectivity index (χ2v) is 4.77. The quantitative estimate of drug-likeness (QED) is 0.491. The number of nitro benzene ring substituents is 1. The number of rotatable bonds is 4. The Bertz CT molecular complexity index is 512. The summed E-state index contributed by atoms with van der Waals surface area (Å²) in [6.07, 6.45) is 1.78. The minimum atomic E-state index is -0.626. The van der Waals surface area contributed by atoms with E-state index in [1.165, 1.54) is 18.2 Å². The third-order valence-corrected chi connectivity index (χ3v) is 3.39. The van der Waals surface area contributed by atoms with E-state index >= 15 is 0 Å². The van der Waals surface area contributed by atoms with Gasteiger partial charge in [-0.3, -0.25) is 14.9 Å². The van der Waals surface area contributed by atoms with Gasteiger partial charge in [-0.1, -0.05) is 6.07 Å². The number of carbonyl (C=O) groups is 1. The number of benzene rings is 1. The van der Waals surface area contributed by atoms with Gasteiger partial charge in [-0.25, -0.2) is 0 Å². The van der Waals surface area contributed by atoms with Gasteiger partial charge in [0.2, 0.25) is 0 Å². The molecule has 1 aliphatic rings. The lowest BCUT2D eigenvalue weighted by atomic mass is 10.0. The summed E-state index contributed by atoms with van der Waals surface area (Å²) >= 11 is 0. The van der Waals surface area contributed by atoms with Gasteiger partial charge in [0.05, 0.1) is 4.92 Å². The van der Waals surface area contributed by atoms with Crippen LogP contribution in [0.4, 0.5) is 11.4 Å². The van der Waals surface area contributed by atoms with Gasteiger partial charge in [0, 0.05) is 19.8 Å². The van der Waals surface area contributed by atoms with Gasteiger partial charge in [-0.2, -0.15) is 0 Å². The molecular weight excluding hydrogens is 262 g/mol. The number of nitrogens with two attached hydrogens (primary N) is 1. The van der Waals surface area contributed by atoms with E-state index in [0.29, 0.717) is 25.7 Å². The normalized spacial score (nSPS) is 15.8. The SMILES string of the molecule is Nc1cccc(C(=O)NCC2CCOCC2)c1[N+](=O)[O-]. The van der Waals surface area contributed by atoms with Crippen molar-refractivity contribution in [2.75, 3.05) is 25.5 Å². The van der Waals surface area contributed by atoms with E-state index in [0.717, 1.165) is 12.8 Å². The summed E-state index contributed by atoms with van der Waals surface area (Å²) in [6, 6.07) is 4.35. The summed E-state index contributed by atoms with van der Waals surface area (Å²) in [6.45, 7) is 1.88. The third-order valence-electron chi connectivity index (χ3n) is 3.39. The first-order chi connectivity index (χ1) is 9.59. The van der Waals surface area contributed by atoms with E-state index < -0.39 is 10.8 Å². The molecule has 2 rings (SSSR count). The van der Waals surface area contributed by atoms with Gasteiger partial charge < -0.3 is 15.8 Å². The number of carbonyl (C=O) groups excluding carboxylic acids is 1. The molecule has 1 aromatic rings. The number of amides is 1. The maximum absolute atomic E-state index is 12.1. The molecule has 0 bridgehead atoms.